The second-order valence-electron chi connectivity index (χ2n) is 5.91. The summed E-state index contributed by atoms with van der Waals surface area (Å²) in [6.07, 6.45) is 3.71. The molecule has 24 heavy (non-hydrogen) atoms. The molecule has 0 amide bonds. The van der Waals surface area contributed by atoms with Crippen LogP contribution in [-0.2, 0) is 0 Å². The van der Waals surface area contributed by atoms with Crippen molar-refractivity contribution in [3.8, 4) is 0 Å². The van der Waals surface area contributed by atoms with E-state index in [2.05, 4.69) is 60.0 Å². The quantitative estimate of drug-likeness (QED) is 0.623. The van der Waals surface area contributed by atoms with Crippen LogP contribution in [0.1, 0.15) is 28.1 Å². The Kier molecular flexibility index (Phi) is 4.71. The third-order valence-corrected chi connectivity index (χ3v) is 3.96. The average molecular weight is 315 g/mol. The van der Waals surface area contributed by atoms with E-state index >= 15 is 0 Å². The van der Waals surface area contributed by atoms with Crippen LogP contribution in [0.2, 0.25) is 0 Å². The molecule has 3 rings (SSSR count). The van der Waals surface area contributed by atoms with Gasteiger partial charge in [0.05, 0.1) is 35.2 Å². The Morgan fingerprint density at radius 1 is 0.667 bits per heavy atom. The molecule has 3 nitrogen and oxygen atoms in total. The fraction of sp³-hybridized carbons (Fsp3) is 0.143. The number of benzene rings is 2. The van der Waals surface area contributed by atoms with Gasteiger partial charge in [0, 0.05) is 0 Å². The molecule has 0 spiro atoms. The maximum Gasteiger partial charge on any atom is 0.0688 e. The monoisotopic (exact) mass is 315 g/mol. The third kappa shape index (κ3) is 3.69. The van der Waals surface area contributed by atoms with Crippen LogP contribution in [0.3, 0.4) is 0 Å². The Morgan fingerprint density at radius 3 is 1.92 bits per heavy atom. The van der Waals surface area contributed by atoms with Crippen LogP contribution >= 0.6 is 0 Å². The summed E-state index contributed by atoms with van der Waals surface area (Å²) in [5, 5.41) is 0. The molecule has 0 radical (unpaired) electrons. The Bertz CT molecular complexity index is 881. The Balaban J connectivity index is 1.77. The first kappa shape index (κ1) is 15.9. The third-order valence-electron chi connectivity index (χ3n) is 3.96. The molecule has 0 fully saturated rings. The predicted molar refractivity (Wildman–Crippen MR) is 102 cm³/mol. The van der Waals surface area contributed by atoms with Gasteiger partial charge < -0.3 is 4.98 Å². The summed E-state index contributed by atoms with van der Waals surface area (Å²) in [6, 6.07) is 18.3. The number of nitrogens with one attached hydrogen (secondary N) is 1. The molecular weight excluding hydrogens is 294 g/mol. The molecule has 0 bridgehead atoms. The number of H-pyrrole nitrogens is 1. The smallest absolute Gasteiger partial charge is 0.0688 e. The topological polar surface area (TPSA) is 40.5 Å². The van der Waals surface area contributed by atoms with Crippen LogP contribution < -0.4 is 0 Å². The number of hydrogen-bond donors (Lipinski definition) is 1. The van der Waals surface area contributed by atoms with Crippen LogP contribution in [0, 0.1) is 20.8 Å². The Labute approximate surface area is 142 Å². The van der Waals surface area contributed by atoms with Gasteiger partial charge in [-0.3, -0.25) is 9.98 Å². The second kappa shape index (κ2) is 7.09. The Hall–Kier alpha value is -2.94. The first-order valence-corrected chi connectivity index (χ1v) is 8.02. The Morgan fingerprint density at radius 2 is 1.25 bits per heavy atom. The van der Waals surface area contributed by atoms with Crippen molar-refractivity contribution < 1.29 is 0 Å². The van der Waals surface area contributed by atoms with Crippen molar-refractivity contribution in [2.75, 3.05) is 0 Å². The number of aliphatic imine (C=N–C) groups is 2. The molecule has 2 aromatic carbocycles. The number of hydrogen-bond acceptors (Lipinski definition) is 2. The van der Waals surface area contributed by atoms with Crippen molar-refractivity contribution in [1.82, 2.24) is 4.98 Å². The molecule has 1 N–H and O–H groups in total. The number of aromatic nitrogens is 1. The van der Waals surface area contributed by atoms with Gasteiger partial charge in [-0.05, 0) is 55.7 Å². The molecule has 3 aromatic rings. The second-order valence-corrected chi connectivity index (χ2v) is 5.91. The highest BCUT2D eigenvalue weighted by Gasteiger charge is 2.00. The van der Waals surface area contributed by atoms with Crippen LogP contribution in [0.25, 0.3) is 0 Å². The lowest BCUT2D eigenvalue weighted by atomic mass is 10.1. The molecule has 0 aliphatic carbocycles. The van der Waals surface area contributed by atoms with E-state index < -0.39 is 0 Å². The van der Waals surface area contributed by atoms with Gasteiger partial charge in [-0.1, -0.05) is 36.4 Å². The predicted octanol–water partition coefficient (Wildman–Crippen LogP) is 5.44. The minimum absolute atomic E-state index is 0.959. The lowest BCUT2D eigenvalue weighted by molar-refractivity contribution is 1.31. The van der Waals surface area contributed by atoms with E-state index in [1.165, 1.54) is 11.1 Å². The summed E-state index contributed by atoms with van der Waals surface area (Å²) in [5.41, 5.74) is 7.46. The number of aromatic amines is 1. The van der Waals surface area contributed by atoms with Crippen molar-refractivity contribution in [1.29, 1.82) is 0 Å². The van der Waals surface area contributed by atoms with E-state index in [0.717, 1.165) is 28.3 Å². The normalized spacial score (nSPS) is 11.6. The first-order chi connectivity index (χ1) is 11.6. The fourth-order valence-corrected chi connectivity index (χ4v) is 2.57. The van der Waals surface area contributed by atoms with Crippen molar-refractivity contribution in [2.24, 2.45) is 9.98 Å². The van der Waals surface area contributed by atoms with Gasteiger partial charge in [-0.15, -0.1) is 0 Å². The van der Waals surface area contributed by atoms with Gasteiger partial charge in [0.15, 0.2) is 0 Å². The van der Waals surface area contributed by atoms with E-state index in [9.17, 15) is 0 Å². The molecule has 1 aromatic heterocycles. The number of aryl methyl sites for hydroxylation is 3. The van der Waals surface area contributed by atoms with Crippen molar-refractivity contribution in [2.45, 2.75) is 20.8 Å². The summed E-state index contributed by atoms with van der Waals surface area (Å²) in [5.74, 6) is 0. The van der Waals surface area contributed by atoms with Gasteiger partial charge in [0.2, 0.25) is 0 Å². The summed E-state index contributed by atoms with van der Waals surface area (Å²) < 4.78 is 0. The molecule has 0 atom stereocenters. The summed E-state index contributed by atoms with van der Waals surface area (Å²) >= 11 is 0. The van der Waals surface area contributed by atoms with E-state index in [4.69, 9.17) is 0 Å². The molecular formula is C21H21N3. The zero-order chi connectivity index (χ0) is 16.9. The van der Waals surface area contributed by atoms with E-state index in [-0.39, 0.29) is 0 Å². The average Bonchev–Trinajstić information content (AvgIpc) is 3.01. The van der Waals surface area contributed by atoms with Crippen LogP contribution in [0.15, 0.2) is 64.6 Å². The van der Waals surface area contributed by atoms with Crippen molar-refractivity contribution in [3.63, 3.8) is 0 Å². The highest BCUT2D eigenvalue weighted by molar-refractivity contribution is 5.85. The number of rotatable bonds is 4. The zero-order valence-electron chi connectivity index (χ0n) is 14.2. The highest BCUT2D eigenvalue weighted by Crippen LogP contribution is 2.22. The maximum absolute atomic E-state index is 4.62. The summed E-state index contributed by atoms with van der Waals surface area (Å²) in [7, 11) is 0. The summed E-state index contributed by atoms with van der Waals surface area (Å²) in [6.45, 7) is 6.22. The molecule has 0 saturated carbocycles. The number of nitrogens with zero attached hydrogens (tertiary/aromatic N) is 2. The van der Waals surface area contributed by atoms with E-state index in [1.807, 2.05) is 42.8 Å². The summed E-state index contributed by atoms with van der Waals surface area (Å²) in [4.78, 5) is 12.5. The van der Waals surface area contributed by atoms with E-state index in [1.54, 1.807) is 0 Å². The van der Waals surface area contributed by atoms with Crippen molar-refractivity contribution in [3.05, 3.63) is 82.7 Å². The van der Waals surface area contributed by atoms with Crippen molar-refractivity contribution >= 4 is 23.8 Å². The molecule has 3 heteroatoms. The van der Waals surface area contributed by atoms with Gasteiger partial charge in [-0.2, -0.15) is 0 Å². The van der Waals surface area contributed by atoms with Crippen LogP contribution in [0.4, 0.5) is 11.4 Å². The van der Waals surface area contributed by atoms with Gasteiger partial charge >= 0.3 is 0 Å². The standard InChI is InChI=1S/C21H21N3/c1-15-7-4-5-10-20(15)22-13-18-11-12-19(24-18)14-23-21-16(2)8-6-9-17(21)3/h4-14,24H,1-3H3. The van der Waals surface area contributed by atoms with Crippen LogP contribution in [0.5, 0.6) is 0 Å². The first-order valence-electron chi connectivity index (χ1n) is 8.02. The lowest BCUT2D eigenvalue weighted by Gasteiger charge is -2.02. The molecule has 0 saturated heterocycles. The van der Waals surface area contributed by atoms with Gasteiger partial charge in [-0.25, -0.2) is 0 Å². The molecule has 0 aliphatic heterocycles. The molecule has 120 valence electrons. The van der Waals surface area contributed by atoms with Gasteiger partial charge in [0.25, 0.3) is 0 Å². The van der Waals surface area contributed by atoms with Crippen LogP contribution in [-0.4, -0.2) is 17.4 Å². The minimum atomic E-state index is 0.959. The van der Waals surface area contributed by atoms with Gasteiger partial charge in [0.1, 0.15) is 0 Å². The maximum atomic E-state index is 4.62. The molecule has 1 heterocycles. The number of para-hydroxylation sites is 2. The fourth-order valence-electron chi connectivity index (χ4n) is 2.57. The zero-order valence-corrected chi connectivity index (χ0v) is 14.2. The molecule has 0 unspecified atom stereocenters. The lowest BCUT2D eigenvalue weighted by Crippen LogP contribution is -1.86. The highest BCUT2D eigenvalue weighted by atomic mass is 14.8. The SMILES string of the molecule is Cc1ccccc1N=Cc1ccc(C=Nc2c(C)cccc2C)[nH]1. The van der Waals surface area contributed by atoms with E-state index in [0.29, 0.717) is 0 Å². The largest absolute Gasteiger partial charge is 0.353 e. The molecule has 0 aliphatic rings. The minimum Gasteiger partial charge on any atom is -0.353 e.